The molecule has 0 unspecified atom stereocenters. The van der Waals surface area contributed by atoms with Gasteiger partial charge in [0.25, 0.3) is 0 Å². The average Bonchev–Trinajstić information content (AvgIpc) is 2.32. The first kappa shape index (κ1) is 11.2. The summed E-state index contributed by atoms with van der Waals surface area (Å²) in [7, 11) is 1.42. The normalized spacial score (nSPS) is 10.0. The van der Waals surface area contributed by atoms with Crippen molar-refractivity contribution in [2.75, 3.05) is 18.2 Å². The van der Waals surface area contributed by atoms with Crippen LogP contribution in [0.3, 0.4) is 0 Å². The van der Waals surface area contributed by atoms with Crippen molar-refractivity contribution in [3.8, 4) is 5.75 Å². The Labute approximate surface area is 98.2 Å². The van der Waals surface area contributed by atoms with Crippen LogP contribution in [0.15, 0.2) is 36.5 Å². The number of aromatic nitrogens is 1. The maximum atomic E-state index is 13.2. The largest absolute Gasteiger partial charge is 0.494 e. The minimum absolute atomic E-state index is 0.192. The summed E-state index contributed by atoms with van der Waals surface area (Å²) in [6, 6.07) is 7.99. The van der Waals surface area contributed by atoms with E-state index >= 15 is 0 Å². The number of rotatable bonds is 3. The van der Waals surface area contributed by atoms with Gasteiger partial charge in [-0.1, -0.05) is 0 Å². The summed E-state index contributed by atoms with van der Waals surface area (Å²) in [5.41, 5.74) is 7.06. The molecule has 0 amide bonds. The molecule has 1 aromatic heterocycles. The van der Waals surface area contributed by atoms with Crippen LogP contribution in [0, 0.1) is 5.82 Å². The number of hydrogen-bond donors (Lipinski definition) is 2. The second kappa shape index (κ2) is 4.69. The first-order valence-electron chi connectivity index (χ1n) is 5.01. The number of nitrogens with two attached hydrogens (primary N) is 1. The lowest BCUT2D eigenvalue weighted by molar-refractivity contribution is 0.387. The lowest BCUT2D eigenvalue weighted by atomic mass is 10.2. The highest BCUT2D eigenvalue weighted by Gasteiger charge is 2.03. The fourth-order valence-electron chi connectivity index (χ4n) is 1.43. The third-order valence-corrected chi connectivity index (χ3v) is 2.22. The molecule has 3 N–H and O–H groups in total. The monoisotopic (exact) mass is 233 g/mol. The van der Waals surface area contributed by atoms with Gasteiger partial charge in [0.15, 0.2) is 11.6 Å². The summed E-state index contributed by atoms with van der Waals surface area (Å²) >= 11 is 0. The minimum atomic E-state index is -0.396. The summed E-state index contributed by atoms with van der Waals surface area (Å²) < 4.78 is 18.1. The fraction of sp³-hybridized carbons (Fsp3) is 0.0833. The van der Waals surface area contributed by atoms with Gasteiger partial charge in [0.2, 0.25) is 0 Å². The Morgan fingerprint density at radius 2 is 2.00 bits per heavy atom. The van der Waals surface area contributed by atoms with Crippen LogP contribution >= 0.6 is 0 Å². The highest BCUT2D eigenvalue weighted by molar-refractivity contribution is 5.63. The zero-order chi connectivity index (χ0) is 12.3. The van der Waals surface area contributed by atoms with E-state index in [9.17, 15) is 4.39 Å². The number of nitrogens with zero attached hydrogens (tertiary/aromatic N) is 1. The quantitative estimate of drug-likeness (QED) is 0.855. The second-order valence-electron chi connectivity index (χ2n) is 3.44. The van der Waals surface area contributed by atoms with E-state index in [1.807, 2.05) is 0 Å². The van der Waals surface area contributed by atoms with Crippen LogP contribution in [0.5, 0.6) is 5.75 Å². The Hall–Kier alpha value is -2.30. The van der Waals surface area contributed by atoms with E-state index < -0.39 is 5.82 Å². The molecule has 0 atom stereocenters. The zero-order valence-electron chi connectivity index (χ0n) is 9.27. The Balaban J connectivity index is 2.24. The summed E-state index contributed by atoms with van der Waals surface area (Å²) in [4.78, 5) is 3.88. The molecule has 0 aliphatic rings. The van der Waals surface area contributed by atoms with Gasteiger partial charge in [0.05, 0.1) is 7.11 Å². The van der Waals surface area contributed by atoms with Gasteiger partial charge in [-0.25, -0.2) is 9.37 Å². The van der Waals surface area contributed by atoms with Crippen LogP contribution in [0.1, 0.15) is 0 Å². The van der Waals surface area contributed by atoms with E-state index in [2.05, 4.69) is 10.3 Å². The van der Waals surface area contributed by atoms with E-state index in [1.54, 1.807) is 30.5 Å². The summed E-state index contributed by atoms with van der Waals surface area (Å²) in [6.45, 7) is 0. The van der Waals surface area contributed by atoms with Crippen LogP contribution in [0.2, 0.25) is 0 Å². The van der Waals surface area contributed by atoms with Crippen LogP contribution in [0.25, 0.3) is 0 Å². The molecule has 17 heavy (non-hydrogen) atoms. The Kier molecular flexibility index (Phi) is 3.09. The van der Waals surface area contributed by atoms with E-state index in [4.69, 9.17) is 10.5 Å². The number of ether oxygens (including phenoxy) is 1. The topological polar surface area (TPSA) is 60.2 Å². The minimum Gasteiger partial charge on any atom is -0.494 e. The number of benzene rings is 1. The van der Waals surface area contributed by atoms with Gasteiger partial charge in [-0.15, -0.1) is 0 Å². The highest BCUT2D eigenvalue weighted by atomic mass is 19.1. The van der Waals surface area contributed by atoms with Gasteiger partial charge in [0.1, 0.15) is 5.82 Å². The second-order valence-corrected chi connectivity index (χ2v) is 3.44. The van der Waals surface area contributed by atoms with Crippen molar-refractivity contribution in [3.63, 3.8) is 0 Å². The molecule has 0 bridgehead atoms. The molecule has 2 aromatic rings. The molecule has 1 heterocycles. The molecule has 5 heteroatoms. The molecule has 88 valence electrons. The molecule has 0 saturated carbocycles. The highest BCUT2D eigenvalue weighted by Crippen LogP contribution is 2.24. The molecule has 0 saturated heterocycles. The number of halogens is 1. The number of methoxy groups -OCH3 is 1. The summed E-state index contributed by atoms with van der Waals surface area (Å²) in [5.74, 6) is 0.216. The number of anilines is 3. The lowest BCUT2D eigenvalue weighted by Crippen LogP contribution is -1.95. The number of nitrogens with one attached hydrogen (secondary N) is 1. The smallest absolute Gasteiger partial charge is 0.165 e. The Bertz CT molecular complexity index is 531. The van der Waals surface area contributed by atoms with Crippen molar-refractivity contribution in [2.45, 2.75) is 0 Å². The predicted octanol–water partition coefficient (Wildman–Crippen LogP) is 2.56. The van der Waals surface area contributed by atoms with Gasteiger partial charge >= 0.3 is 0 Å². The Morgan fingerprint density at radius 3 is 2.71 bits per heavy atom. The van der Waals surface area contributed by atoms with Crippen molar-refractivity contribution >= 4 is 17.2 Å². The molecule has 0 fully saturated rings. The van der Waals surface area contributed by atoms with Gasteiger partial charge in [0, 0.05) is 29.7 Å². The molecular weight excluding hydrogens is 221 g/mol. The maximum absolute atomic E-state index is 13.2. The number of nitrogen functional groups attached to an aromatic ring is 1. The van der Waals surface area contributed by atoms with Crippen molar-refractivity contribution in [1.29, 1.82) is 0 Å². The SMILES string of the molecule is COc1cc(Nc2ccnc(N)c2)ccc1F. The maximum Gasteiger partial charge on any atom is 0.165 e. The van der Waals surface area contributed by atoms with E-state index in [1.165, 1.54) is 13.2 Å². The van der Waals surface area contributed by atoms with Crippen LogP contribution < -0.4 is 15.8 Å². The van der Waals surface area contributed by atoms with Crippen molar-refractivity contribution in [1.82, 2.24) is 4.98 Å². The molecule has 0 aliphatic heterocycles. The molecule has 1 aromatic carbocycles. The van der Waals surface area contributed by atoms with E-state index in [-0.39, 0.29) is 5.75 Å². The average molecular weight is 233 g/mol. The zero-order valence-corrected chi connectivity index (χ0v) is 9.27. The molecule has 0 aliphatic carbocycles. The van der Waals surface area contributed by atoms with Crippen molar-refractivity contribution in [2.24, 2.45) is 0 Å². The first-order valence-corrected chi connectivity index (χ1v) is 5.01. The number of pyridine rings is 1. The van der Waals surface area contributed by atoms with Gasteiger partial charge in [-0.2, -0.15) is 0 Å². The standard InChI is InChI=1S/C12H12FN3O/c1-17-11-6-8(2-3-10(11)13)16-9-4-5-15-12(14)7-9/h2-7H,1H3,(H3,14,15,16). The van der Waals surface area contributed by atoms with Gasteiger partial charge < -0.3 is 15.8 Å². The first-order chi connectivity index (χ1) is 8.19. The van der Waals surface area contributed by atoms with Crippen LogP contribution in [0.4, 0.5) is 21.6 Å². The lowest BCUT2D eigenvalue weighted by Gasteiger charge is -2.08. The molecular formula is C12H12FN3O. The molecule has 4 nitrogen and oxygen atoms in total. The van der Waals surface area contributed by atoms with E-state index in [0.29, 0.717) is 11.5 Å². The van der Waals surface area contributed by atoms with Crippen molar-refractivity contribution in [3.05, 3.63) is 42.3 Å². The van der Waals surface area contributed by atoms with Crippen LogP contribution in [-0.4, -0.2) is 12.1 Å². The fourth-order valence-corrected chi connectivity index (χ4v) is 1.43. The summed E-state index contributed by atoms with van der Waals surface area (Å²) in [6.07, 6.45) is 1.60. The summed E-state index contributed by atoms with van der Waals surface area (Å²) in [5, 5.41) is 3.08. The van der Waals surface area contributed by atoms with Gasteiger partial charge in [-0.3, -0.25) is 0 Å². The van der Waals surface area contributed by atoms with Crippen molar-refractivity contribution < 1.29 is 9.13 Å². The van der Waals surface area contributed by atoms with Gasteiger partial charge in [-0.05, 0) is 18.2 Å². The van der Waals surface area contributed by atoms with E-state index in [0.717, 1.165) is 5.69 Å². The van der Waals surface area contributed by atoms with Crippen LogP contribution in [-0.2, 0) is 0 Å². The Morgan fingerprint density at radius 1 is 1.24 bits per heavy atom. The number of hydrogen-bond acceptors (Lipinski definition) is 4. The molecule has 0 radical (unpaired) electrons. The third kappa shape index (κ3) is 2.63. The molecule has 0 spiro atoms. The third-order valence-electron chi connectivity index (χ3n) is 2.22. The molecule has 2 rings (SSSR count). The predicted molar refractivity (Wildman–Crippen MR) is 64.9 cm³/mol.